The minimum Gasteiger partial charge on any atom is -0.357 e. The van der Waals surface area contributed by atoms with Crippen molar-refractivity contribution in [2.45, 2.75) is 6.92 Å². The van der Waals surface area contributed by atoms with Crippen LogP contribution in [0, 0.1) is 6.92 Å². The molecule has 6 heteroatoms. The lowest BCUT2D eigenvalue weighted by atomic mass is 10.2. The predicted molar refractivity (Wildman–Crippen MR) is 65.1 cm³/mol. The van der Waals surface area contributed by atoms with E-state index in [-0.39, 0.29) is 5.91 Å². The van der Waals surface area contributed by atoms with Gasteiger partial charge < -0.3 is 15.5 Å². The van der Waals surface area contributed by atoms with Crippen molar-refractivity contribution in [1.29, 1.82) is 0 Å². The molecule has 1 aromatic rings. The smallest absolute Gasteiger partial charge is 0.257 e. The summed E-state index contributed by atoms with van der Waals surface area (Å²) in [6.45, 7) is 5.01. The van der Waals surface area contributed by atoms with E-state index in [1.807, 2.05) is 11.8 Å². The van der Waals surface area contributed by atoms with Gasteiger partial charge in [-0.25, -0.2) is 9.97 Å². The number of nitrogens with zero attached hydrogens (tertiary/aromatic N) is 3. The topological polar surface area (TPSA) is 70.2 Å². The van der Waals surface area contributed by atoms with Gasteiger partial charge in [-0.15, -0.1) is 0 Å². The van der Waals surface area contributed by atoms with Crippen LogP contribution in [0.5, 0.6) is 0 Å². The zero-order chi connectivity index (χ0) is 12.3. The largest absolute Gasteiger partial charge is 0.357 e. The summed E-state index contributed by atoms with van der Waals surface area (Å²) in [6, 6.07) is 0. The number of hydrogen-bond donors (Lipinski definition) is 2. The number of aryl methyl sites for hydroxylation is 1. The van der Waals surface area contributed by atoms with E-state index in [4.69, 9.17) is 0 Å². The molecule has 1 fully saturated rings. The van der Waals surface area contributed by atoms with Crippen molar-refractivity contribution in [3.63, 3.8) is 0 Å². The van der Waals surface area contributed by atoms with Crippen molar-refractivity contribution in [2.75, 3.05) is 38.5 Å². The second-order valence-corrected chi connectivity index (χ2v) is 3.98. The van der Waals surface area contributed by atoms with E-state index in [0.717, 1.165) is 26.2 Å². The molecule has 6 nitrogen and oxygen atoms in total. The number of amides is 1. The van der Waals surface area contributed by atoms with Gasteiger partial charge in [0.25, 0.3) is 5.91 Å². The highest BCUT2D eigenvalue weighted by Gasteiger charge is 2.20. The Morgan fingerprint density at radius 3 is 2.76 bits per heavy atom. The van der Waals surface area contributed by atoms with Crippen molar-refractivity contribution in [3.8, 4) is 0 Å². The number of rotatable bonds is 2. The highest BCUT2D eigenvalue weighted by Crippen LogP contribution is 2.10. The molecule has 0 aromatic carbocycles. The molecular weight excluding hydrogens is 218 g/mol. The molecule has 2 heterocycles. The van der Waals surface area contributed by atoms with Gasteiger partial charge in [-0.1, -0.05) is 0 Å². The molecule has 0 saturated carbocycles. The van der Waals surface area contributed by atoms with E-state index < -0.39 is 0 Å². The Kier molecular flexibility index (Phi) is 3.53. The standard InChI is InChI=1S/C11H17N5O/c1-8-9(7-14-11(12-2)15-8)10(17)16-5-3-13-4-6-16/h7,13H,3-6H2,1-2H3,(H,12,14,15). The molecular formula is C11H17N5O. The minimum absolute atomic E-state index is 0.0200. The SMILES string of the molecule is CNc1ncc(C(=O)N2CCNCC2)c(C)n1. The fourth-order valence-electron chi connectivity index (χ4n) is 1.84. The average Bonchev–Trinajstić information content (AvgIpc) is 2.39. The molecule has 2 N–H and O–H groups in total. The van der Waals surface area contributed by atoms with E-state index in [0.29, 0.717) is 17.2 Å². The van der Waals surface area contributed by atoms with Crippen LogP contribution in [0.1, 0.15) is 16.1 Å². The van der Waals surface area contributed by atoms with Gasteiger partial charge in [-0.2, -0.15) is 0 Å². The van der Waals surface area contributed by atoms with Crippen LogP contribution in [0.2, 0.25) is 0 Å². The Morgan fingerprint density at radius 2 is 2.18 bits per heavy atom. The number of carbonyl (C=O) groups excluding carboxylic acids is 1. The van der Waals surface area contributed by atoms with Crippen LogP contribution in [0.15, 0.2) is 6.20 Å². The molecule has 1 amide bonds. The fourth-order valence-corrected chi connectivity index (χ4v) is 1.84. The van der Waals surface area contributed by atoms with Gasteiger partial charge in [0.2, 0.25) is 5.95 Å². The van der Waals surface area contributed by atoms with Gasteiger partial charge in [0.15, 0.2) is 0 Å². The third-order valence-corrected chi connectivity index (χ3v) is 2.84. The molecule has 1 aliphatic heterocycles. The van der Waals surface area contributed by atoms with Crippen molar-refractivity contribution < 1.29 is 4.79 Å². The average molecular weight is 235 g/mol. The summed E-state index contributed by atoms with van der Waals surface area (Å²) in [4.78, 5) is 22.4. The Labute approximate surface area is 100 Å². The molecule has 2 rings (SSSR count). The first-order valence-electron chi connectivity index (χ1n) is 5.73. The molecule has 92 valence electrons. The number of aromatic nitrogens is 2. The molecule has 0 radical (unpaired) electrons. The number of carbonyl (C=O) groups is 1. The molecule has 0 bridgehead atoms. The molecule has 17 heavy (non-hydrogen) atoms. The summed E-state index contributed by atoms with van der Waals surface area (Å²) in [6.07, 6.45) is 1.60. The van der Waals surface area contributed by atoms with Crippen molar-refractivity contribution in [2.24, 2.45) is 0 Å². The number of nitrogens with one attached hydrogen (secondary N) is 2. The molecule has 0 unspecified atom stereocenters. The third-order valence-electron chi connectivity index (χ3n) is 2.84. The summed E-state index contributed by atoms with van der Waals surface area (Å²) >= 11 is 0. The zero-order valence-electron chi connectivity index (χ0n) is 10.2. The molecule has 1 aliphatic rings. The maximum absolute atomic E-state index is 12.2. The predicted octanol–water partition coefficient (Wildman–Crippen LogP) is -0.128. The second-order valence-electron chi connectivity index (χ2n) is 3.98. The summed E-state index contributed by atoms with van der Waals surface area (Å²) in [5, 5.41) is 6.08. The normalized spacial score (nSPS) is 15.8. The minimum atomic E-state index is 0.0200. The highest BCUT2D eigenvalue weighted by atomic mass is 16.2. The van der Waals surface area contributed by atoms with Crippen LogP contribution >= 0.6 is 0 Å². The molecule has 0 atom stereocenters. The fraction of sp³-hybridized carbons (Fsp3) is 0.545. The molecule has 1 saturated heterocycles. The van der Waals surface area contributed by atoms with E-state index in [1.165, 1.54) is 0 Å². The van der Waals surface area contributed by atoms with Gasteiger partial charge in [0, 0.05) is 39.4 Å². The maximum atomic E-state index is 12.2. The van der Waals surface area contributed by atoms with Gasteiger partial charge in [-0.3, -0.25) is 4.79 Å². The van der Waals surface area contributed by atoms with Gasteiger partial charge in [-0.05, 0) is 6.92 Å². The van der Waals surface area contributed by atoms with E-state index in [9.17, 15) is 4.79 Å². The Hall–Kier alpha value is -1.69. The zero-order valence-corrected chi connectivity index (χ0v) is 10.2. The van der Waals surface area contributed by atoms with Crippen LogP contribution in [0.25, 0.3) is 0 Å². The van der Waals surface area contributed by atoms with Gasteiger partial charge in [0.05, 0.1) is 11.3 Å². The van der Waals surface area contributed by atoms with Crippen molar-refractivity contribution in [1.82, 2.24) is 20.2 Å². The van der Waals surface area contributed by atoms with Gasteiger partial charge in [0.1, 0.15) is 0 Å². The van der Waals surface area contributed by atoms with Crippen LogP contribution in [0.4, 0.5) is 5.95 Å². The molecule has 0 spiro atoms. The summed E-state index contributed by atoms with van der Waals surface area (Å²) in [7, 11) is 1.76. The lowest BCUT2D eigenvalue weighted by Crippen LogP contribution is -2.46. The van der Waals surface area contributed by atoms with E-state index >= 15 is 0 Å². The second kappa shape index (κ2) is 5.09. The number of hydrogen-bond acceptors (Lipinski definition) is 5. The van der Waals surface area contributed by atoms with Crippen molar-refractivity contribution in [3.05, 3.63) is 17.5 Å². The summed E-state index contributed by atoms with van der Waals surface area (Å²) in [5.41, 5.74) is 1.30. The lowest BCUT2D eigenvalue weighted by Gasteiger charge is -2.27. The number of piperazine rings is 1. The summed E-state index contributed by atoms with van der Waals surface area (Å²) < 4.78 is 0. The van der Waals surface area contributed by atoms with Crippen LogP contribution < -0.4 is 10.6 Å². The Balaban J connectivity index is 2.18. The third kappa shape index (κ3) is 2.52. The Morgan fingerprint density at radius 1 is 1.47 bits per heavy atom. The van der Waals surface area contributed by atoms with Crippen LogP contribution in [0.3, 0.4) is 0 Å². The highest BCUT2D eigenvalue weighted by molar-refractivity contribution is 5.95. The first-order chi connectivity index (χ1) is 8.22. The summed E-state index contributed by atoms with van der Waals surface area (Å²) in [5.74, 6) is 0.561. The lowest BCUT2D eigenvalue weighted by molar-refractivity contribution is 0.0734. The van der Waals surface area contributed by atoms with E-state index in [2.05, 4.69) is 20.6 Å². The molecule has 0 aliphatic carbocycles. The van der Waals surface area contributed by atoms with Crippen molar-refractivity contribution >= 4 is 11.9 Å². The van der Waals surface area contributed by atoms with Gasteiger partial charge >= 0.3 is 0 Å². The van der Waals surface area contributed by atoms with E-state index in [1.54, 1.807) is 13.2 Å². The quantitative estimate of drug-likeness (QED) is 0.747. The van der Waals surface area contributed by atoms with Crippen LogP contribution in [-0.4, -0.2) is 54.0 Å². The maximum Gasteiger partial charge on any atom is 0.257 e. The number of anilines is 1. The molecule has 1 aromatic heterocycles. The first kappa shape index (κ1) is 11.8. The van der Waals surface area contributed by atoms with Crippen LogP contribution in [-0.2, 0) is 0 Å². The first-order valence-corrected chi connectivity index (χ1v) is 5.73. The Bertz CT molecular complexity index is 414. The monoisotopic (exact) mass is 235 g/mol.